The maximum atomic E-state index is 13.8. The lowest BCUT2D eigenvalue weighted by Gasteiger charge is -2.33. The fourth-order valence-corrected chi connectivity index (χ4v) is 4.44. The van der Waals surface area contributed by atoms with Gasteiger partial charge in [-0.2, -0.15) is 0 Å². The SMILES string of the molecule is CC(=O)c1ccc(N(C(=O)c2ccccn2)[C@@H](C(=O)NC2CCCCC2)c2ccc(F)cc2)cc1. The lowest BCUT2D eigenvalue weighted by Crippen LogP contribution is -2.47. The molecule has 1 saturated carbocycles. The summed E-state index contributed by atoms with van der Waals surface area (Å²) >= 11 is 0. The Morgan fingerprint density at radius 3 is 2.23 bits per heavy atom. The fraction of sp³-hybridized carbons (Fsp3) is 0.286. The highest BCUT2D eigenvalue weighted by atomic mass is 19.1. The molecule has 2 aromatic carbocycles. The average Bonchev–Trinajstić information content (AvgIpc) is 2.88. The fourth-order valence-electron chi connectivity index (χ4n) is 4.44. The van der Waals surface area contributed by atoms with E-state index >= 15 is 0 Å². The Balaban J connectivity index is 1.80. The van der Waals surface area contributed by atoms with E-state index in [2.05, 4.69) is 10.3 Å². The Labute approximate surface area is 204 Å². The van der Waals surface area contributed by atoms with Crippen molar-refractivity contribution in [2.24, 2.45) is 0 Å². The largest absolute Gasteiger partial charge is 0.351 e. The first kappa shape index (κ1) is 24.3. The van der Waals surface area contributed by atoms with Crippen LogP contribution in [0.3, 0.4) is 0 Å². The topological polar surface area (TPSA) is 79.4 Å². The molecule has 0 spiro atoms. The van der Waals surface area contributed by atoms with Gasteiger partial charge in [-0.1, -0.05) is 37.5 Å². The summed E-state index contributed by atoms with van der Waals surface area (Å²) in [7, 11) is 0. The highest BCUT2D eigenvalue weighted by Gasteiger charge is 2.35. The van der Waals surface area contributed by atoms with Crippen LogP contribution in [0.1, 0.15) is 71.5 Å². The average molecular weight is 474 g/mol. The summed E-state index contributed by atoms with van der Waals surface area (Å²) in [6, 6.07) is 16.1. The molecule has 1 heterocycles. The number of amides is 2. The van der Waals surface area contributed by atoms with Crippen molar-refractivity contribution in [1.29, 1.82) is 0 Å². The summed E-state index contributed by atoms with van der Waals surface area (Å²) in [6.07, 6.45) is 6.48. The van der Waals surface area contributed by atoms with Crippen LogP contribution in [-0.4, -0.2) is 28.6 Å². The van der Waals surface area contributed by atoms with Crippen molar-refractivity contribution in [2.45, 2.75) is 51.1 Å². The molecule has 1 aliphatic carbocycles. The van der Waals surface area contributed by atoms with Gasteiger partial charge in [0.2, 0.25) is 5.91 Å². The molecule has 1 N–H and O–H groups in total. The second-order valence-electron chi connectivity index (χ2n) is 8.79. The molecular weight excluding hydrogens is 445 g/mol. The lowest BCUT2D eigenvalue weighted by molar-refractivity contribution is -0.123. The number of Topliss-reactive ketones (excluding diaryl/α,β-unsaturated/α-hetero) is 1. The van der Waals surface area contributed by atoms with Gasteiger partial charge in [0.05, 0.1) is 0 Å². The predicted octanol–water partition coefficient (Wildman–Crippen LogP) is 5.26. The molecule has 7 heteroatoms. The minimum absolute atomic E-state index is 0.0195. The van der Waals surface area contributed by atoms with Crippen LogP contribution < -0.4 is 10.2 Å². The number of nitrogens with one attached hydrogen (secondary N) is 1. The third kappa shape index (κ3) is 5.80. The summed E-state index contributed by atoms with van der Waals surface area (Å²) in [5, 5.41) is 3.12. The number of rotatable bonds is 7. The van der Waals surface area contributed by atoms with Gasteiger partial charge < -0.3 is 5.32 Å². The number of hydrogen-bond acceptors (Lipinski definition) is 4. The van der Waals surface area contributed by atoms with Crippen molar-refractivity contribution < 1.29 is 18.8 Å². The smallest absolute Gasteiger partial charge is 0.277 e. The first-order chi connectivity index (χ1) is 16.9. The molecule has 1 aliphatic rings. The van der Waals surface area contributed by atoms with Crippen LogP contribution in [0.5, 0.6) is 0 Å². The summed E-state index contributed by atoms with van der Waals surface area (Å²) in [5.41, 5.74) is 1.56. The molecule has 180 valence electrons. The molecule has 0 aliphatic heterocycles. The number of nitrogens with zero attached hydrogens (tertiary/aromatic N) is 2. The highest BCUT2D eigenvalue weighted by Crippen LogP contribution is 2.31. The van der Waals surface area contributed by atoms with E-state index in [-0.39, 0.29) is 23.4 Å². The predicted molar refractivity (Wildman–Crippen MR) is 132 cm³/mol. The van der Waals surface area contributed by atoms with E-state index in [1.807, 2.05) is 0 Å². The molecule has 1 atom stereocenters. The number of pyridine rings is 1. The van der Waals surface area contributed by atoms with E-state index < -0.39 is 17.8 Å². The minimum Gasteiger partial charge on any atom is -0.351 e. The van der Waals surface area contributed by atoms with Crippen LogP contribution in [0.15, 0.2) is 72.9 Å². The van der Waals surface area contributed by atoms with E-state index in [0.29, 0.717) is 16.8 Å². The van der Waals surface area contributed by atoms with Gasteiger partial charge in [-0.3, -0.25) is 24.3 Å². The molecule has 1 aromatic heterocycles. The van der Waals surface area contributed by atoms with Gasteiger partial charge in [0.25, 0.3) is 5.91 Å². The van der Waals surface area contributed by atoms with E-state index in [4.69, 9.17) is 0 Å². The number of carbonyl (C=O) groups is 3. The van der Waals surface area contributed by atoms with Gasteiger partial charge in [0.1, 0.15) is 17.6 Å². The number of aromatic nitrogens is 1. The normalized spacial score (nSPS) is 14.7. The number of ketones is 1. The zero-order chi connectivity index (χ0) is 24.8. The quantitative estimate of drug-likeness (QED) is 0.475. The maximum absolute atomic E-state index is 13.8. The summed E-state index contributed by atoms with van der Waals surface area (Å²) in [5.74, 6) is -1.37. The van der Waals surface area contributed by atoms with Crippen LogP contribution in [-0.2, 0) is 4.79 Å². The Kier molecular flexibility index (Phi) is 7.65. The van der Waals surface area contributed by atoms with E-state index in [1.165, 1.54) is 42.3 Å². The van der Waals surface area contributed by atoms with Gasteiger partial charge >= 0.3 is 0 Å². The van der Waals surface area contributed by atoms with Crippen LogP contribution in [0, 0.1) is 5.82 Å². The van der Waals surface area contributed by atoms with Crippen molar-refractivity contribution in [2.75, 3.05) is 4.90 Å². The summed E-state index contributed by atoms with van der Waals surface area (Å²) in [4.78, 5) is 44.9. The second-order valence-corrected chi connectivity index (χ2v) is 8.79. The van der Waals surface area contributed by atoms with Crippen LogP contribution in [0.4, 0.5) is 10.1 Å². The van der Waals surface area contributed by atoms with Crippen molar-refractivity contribution in [3.05, 3.63) is 95.6 Å². The van der Waals surface area contributed by atoms with Crippen LogP contribution in [0.2, 0.25) is 0 Å². The molecule has 3 aromatic rings. The Morgan fingerprint density at radius 2 is 1.63 bits per heavy atom. The standard InChI is InChI=1S/C28H28FN3O3/c1-19(33)20-12-16-24(17-13-20)32(28(35)25-9-5-6-18-30-25)26(21-10-14-22(29)15-11-21)27(34)31-23-7-3-2-4-8-23/h5-6,9-18,23,26H,2-4,7-8H2,1H3,(H,31,34)/t26-/m1/s1. The Hall–Kier alpha value is -3.87. The molecule has 2 amide bonds. The molecule has 0 radical (unpaired) electrons. The van der Waals surface area contributed by atoms with Crippen molar-refractivity contribution in [1.82, 2.24) is 10.3 Å². The van der Waals surface area contributed by atoms with Gasteiger partial charge in [-0.15, -0.1) is 0 Å². The van der Waals surface area contributed by atoms with Crippen LogP contribution in [0.25, 0.3) is 0 Å². The van der Waals surface area contributed by atoms with Gasteiger partial charge in [-0.25, -0.2) is 4.39 Å². The Bertz CT molecular complexity index is 1170. The zero-order valence-electron chi connectivity index (χ0n) is 19.6. The molecule has 35 heavy (non-hydrogen) atoms. The Morgan fingerprint density at radius 1 is 0.943 bits per heavy atom. The molecule has 1 fully saturated rings. The molecule has 6 nitrogen and oxygen atoms in total. The van der Waals surface area contributed by atoms with E-state index in [9.17, 15) is 18.8 Å². The van der Waals surface area contributed by atoms with Crippen molar-refractivity contribution in [3.8, 4) is 0 Å². The first-order valence-electron chi connectivity index (χ1n) is 11.9. The van der Waals surface area contributed by atoms with Crippen molar-refractivity contribution in [3.63, 3.8) is 0 Å². The number of halogens is 1. The lowest BCUT2D eigenvalue weighted by atomic mass is 9.94. The minimum atomic E-state index is -1.06. The third-order valence-electron chi connectivity index (χ3n) is 6.30. The first-order valence-corrected chi connectivity index (χ1v) is 11.9. The second kappa shape index (κ2) is 11.0. The number of carbonyl (C=O) groups excluding carboxylic acids is 3. The number of benzene rings is 2. The van der Waals surface area contributed by atoms with Gasteiger partial charge in [0, 0.05) is 23.5 Å². The molecule has 0 unspecified atom stereocenters. The molecular formula is C28H28FN3O3. The van der Waals surface area contributed by atoms with E-state index in [0.717, 1.165) is 32.1 Å². The maximum Gasteiger partial charge on any atom is 0.277 e. The zero-order valence-corrected chi connectivity index (χ0v) is 19.6. The van der Waals surface area contributed by atoms with E-state index in [1.54, 1.807) is 42.5 Å². The summed E-state index contributed by atoms with van der Waals surface area (Å²) < 4.78 is 13.8. The number of hydrogen-bond donors (Lipinski definition) is 1. The number of anilines is 1. The van der Waals surface area contributed by atoms with Gasteiger partial charge in [-0.05, 0) is 73.9 Å². The summed E-state index contributed by atoms with van der Waals surface area (Å²) in [6.45, 7) is 1.46. The molecule has 4 rings (SSSR count). The van der Waals surface area contributed by atoms with Crippen molar-refractivity contribution >= 4 is 23.3 Å². The highest BCUT2D eigenvalue weighted by molar-refractivity contribution is 6.09. The van der Waals surface area contributed by atoms with Gasteiger partial charge in [0.15, 0.2) is 5.78 Å². The molecule has 0 saturated heterocycles. The monoisotopic (exact) mass is 473 g/mol. The third-order valence-corrected chi connectivity index (χ3v) is 6.30. The molecule has 0 bridgehead atoms. The van der Waals surface area contributed by atoms with Crippen LogP contribution >= 0.6 is 0 Å².